The fourth-order valence-corrected chi connectivity index (χ4v) is 2.92. The van der Waals surface area contributed by atoms with Gasteiger partial charge in [-0.05, 0) is 36.6 Å². The Bertz CT molecular complexity index is 608. The summed E-state index contributed by atoms with van der Waals surface area (Å²) in [6.07, 6.45) is 2.25. The highest BCUT2D eigenvalue weighted by molar-refractivity contribution is 6.35. The summed E-state index contributed by atoms with van der Waals surface area (Å²) in [6.45, 7) is 1.36. The Hall–Kier alpha value is -1.38. The predicted octanol–water partition coefficient (Wildman–Crippen LogP) is 4.93. The number of aryl methyl sites for hydroxylation is 1. The van der Waals surface area contributed by atoms with Gasteiger partial charge < -0.3 is 10.1 Å². The molecular weight excluding hydrogens is 293 g/mol. The zero-order valence-electron chi connectivity index (χ0n) is 11.0. The Morgan fingerprint density at radius 1 is 1.05 bits per heavy atom. The SMILES string of the molecule is Clc1cccc(Cl)c1COc1cccc2c1NCCC2. The first kappa shape index (κ1) is 13.6. The molecule has 0 saturated carbocycles. The molecule has 1 aliphatic rings. The number of ether oxygens (including phenoxy) is 1. The van der Waals surface area contributed by atoms with Crippen LogP contribution in [-0.4, -0.2) is 6.54 Å². The van der Waals surface area contributed by atoms with Crippen molar-refractivity contribution in [2.24, 2.45) is 0 Å². The Labute approximate surface area is 128 Å². The van der Waals surface area contributed by atoms with E-state index in [2.05, 4.69) is 11.4 Å². The molecule has 4 heteroatoms. The third-order valence-electron chi connectivity index (χ3n) is 3.47. The van der Waals surface area contributed by atoms with Crippen LogP contribution in [0.15, 0.2) is 36.4 Å². The average Bonchev–Trinajstić information content (AvgIpc) is 2.47. The van der Waals surface area contributed by atoms with Gasteiger partial charge in [0.2, 0.25) is 0 Å². The topological polar surface area (TPSA) is 21.3 Å². The molecule has 0 aliphatic carbocycles. The highest BCUT2D eigenvalue weighted by Gasteiger charge is 2.14. The van der Waals surface area contributed by atoms with E-state index in [1.54, 1.807) is 0 Å². The molecule has 0 saturated heterocycles. The van der Waals surface area contributed by atoms with Crippen molar-refractivity contribution in [2.75, 3.05) is 11.9 Å². The zero-order chi connectivity index (χ0) is 13.9. The van der Waals surface area contributed by atoms with Gasteiger partial charge in [0.25, 0.3) is 0 Å². The van der Waals surface area contributed by atoms with Crippen molar-refractivity contribution in [3.05, 3.63) is 57.6 Å². The molecule has 1 N–H and O–H groups in total. The summed E-state index contributed by atoms with van der Waals surface area (Å²) < 4.78 is 5.92. The lowest BCUT2D eigenvalue weighted by molar-refractivity contribution is 0.307. The second kappa shape index (κ2) is 5.94. The third kappa shape index (κ3) is 2.72. The van der Waals surface area contributed by atoms with E-state index in [9.17, 15) is 0 Å². The van der Waals surface area contributed by atoms with Crippen LogP contribution in [0.3, 0.4) is 0 Å². The van der Waals surface area contributed by atoms with Crippen LogP contribution in [0.5, 0.6) is 5.75 Å². The van der Waals surface area contributed by atoms with Crippen LogP contribution in [-0.2, 0) is 13.0 Å². The highest BCUT2D eigenvalue weighted by Crippen LogP contribution is 2.33. The van der Waals surface area contributed by atoms with Gasteiger partial charge in [-0.25, -0.2) is 0 Å². The lowest BCUT2D eigenvalue weighted by atomic mass is 10.0. The van der Waals surface area contributed by atoms with E-state index < -0.39 is 0 Å². The number of anilines is 1. The van der Waals surface area contributed by atoms with Crippen molar-refractivity contribution in [3.8, 4) is 5.75 Å². The standard InChI is InChI=1S/C16H15Cl2NO/c17-13-6-2-7-14(18)12(13)10-20-15-8-1-4-11-5-3-9-19-16(11)15/h1-2,4,6-8,19H,3,5,9-10H2. The maximum atomic E-state index is 6.16. The van der Waals surface area contributed by atoms with Crippen molar-refractivity contribution in [1.82, 2.24) is 0 Å². The third-order valence-corrected chi connectivity index (χ3v) is 4.18. The molecule has 1 heterocycles. The first-order valence-electron chi connectivity index (χ1n) is 6.67. The van der Waals surface area contributed by atoms with Gasteiger partial charge >= 0.3 is 0 Å². The Balaban J connectivity index is 1.82. The molecule has 0 atom stereocenters. The largest absolute Gasteiger partial charge is 0.487 e. The second-order valence-corrected chi connectivity index (χ2v) is 5.62. The molecule has 0 unspecified atom stereocenters. The van der Waals surface area contributed by atoms with Crippen LogP contribution in [0.1, 0.15) is 17.5 Å². The summed E-state index contributed by atoms with van der Waals surface area (Å²) in [4.78, 5) is 0. The van der Waals surface area contributed by atoms with Crippen LogP contribution in [0.2, 0.25) is 10.0 Å². The van der Waals surface area contributed by atoms with E-state index in [1.165, 1.54) is 5.56 Å². The maximum absolute atomic E-state index is 6.16. The fraction of sp³-hybridized carbons (Fsp3) is 0.250. The number of fused-ring (bicyclic) bond motifs is 1. The lowest BCUT2D eigenvalue weighted by Gasteiger charge is -2.21. The summed E-state index contributed by atoms with van der Waals surface area (Å²) in [5, 5.41) is 4.67. The molecule has 0 fully saturated rings. The second-order valence-electron chi connectivity index (χ2n) is 4.81. The maximum Gasteiger partial charge on any atom is 0.143 e. The van der Waals surface area contributed by atoms with Crippen LogP contribution in [0, 0.1) is 0 Å². The molecule has 0 amide bonds. The Morgan fingerprint density at radius 3 is 2.60 bits per heavy atom. The van der Waals surface area contributed by atoms with Gasteiger partial charge in [-0.2, -0.15) is 0 Å². The first-order chi connectivity index (χ1) is 9.75. The number of para-hydroxylation sites is 1. The molecule has 2 nitrogen and oxygen atoms in total. The molecule has 3 rings (SSSR count). The lowest BCUT2D eigenvalue weighted by Crippen LogP contribution is -2.13. The van der Waals surface area contributed by atoms with E-state index in [1.807, 2.05) is 30.3 Å². The minimum Gasteiger partial charge on any atom is -0.487 e. The van der Waals surface area contributed by atoms with Gasteiger partial charge in [-0.3, -0.25) is 0 Å². The molecule has 2 aromatic carbocycles. The van der Waals surface area contributed by atoms with Gasteiger partial charge in [0, 0.05) is 22.2 Å². The minimum absolute atomic E-state index is 0.372. The average molecular weight is 308 g/mol. The number of halogens is 2. The molecule has 104 valence electrons. The van der Waals surface area contributed by atoms with Crippen molar-refractivity contribution in [3.63, 3.8) is 0 Å². The van der Waals surface area contributed by atoms with E-state index in [-0.39, 0.29) is 0 Å². The van der Waals surface area contributed by atoms with Gasteiger partial charge in [0.05, 0.1) is 5.69 Å². The van der Waals surface area contributed by atoms with E-state index in [4.69, 9.17) is 27.9 Å². The molecule has 2 aromatic rings. The minimum atomic E-state index is 0.372. The van der Waals surface area contributed by atoms with Crippen LogP contribution in [0.25, 0.3) is 0 Å². The van der Waals surface area contributed by atoms with Gasteiger partial charge in [0.15, 0.2) is 0 Å². The Morgan fingerprint density at radius 2 is 1.80 bits per heavy atom. The van der Waals surface area contributed by atoms with Gasteiger partial charge in [-0.1, -0.05) is 41.4 Å². The highest BCUT2D eigenvalue weighted by atomic mass is 35.5. The normalized spacial score (nSPS) is 13.5. The molecular formula is C16H15Cl2NO. The first-order valence-corrected chi connectivity index (χ1v) is 7.43. The Kier molecular flexibility index (Phi) is 4.04. The van der Waals surface area contributed by atoms with Crippen molar-refractivity contribution in [2.45, 2.75) is 19.4 Å². The van der Waals surface area contributed by atoms with Crippen LogP contribution >= 0.6 is 23.2 Å². The molecule has 0 bridgehead atoms. The zero-order valence-corrected chi connectivity index (χ0v) is 12.5. The molecule has 0 radical (unpaired) electrons. The van der Waals surface area contributed by atoms with Crippen LogP contribution < -0.4 is 10.1 Å². The fourth-order valence-electron chi connectivity index (χ4n) is 2.42. The number of benzene rings is 2. The van der Waals surface area contributed by atoms with Gasteiger partial charge in [0.1, 0.15) is 12.4 Å². The number of hydrogen-bond donors (Lipinski definition) is 1. The molecule has 1 aliphatic heterocycles. The van der Waals surface area contributed by atoms with Crippen molar-refractivity contribution >= 4 is 28.9 Å². The van der Waals surface area contributed by atoms with Crippen LogP contribution in [0.4, 0.5) is 5.69 Å². The van der Waals surface area contributed by atoms with Gasteiger partial charge in [-0.15, -0.1) is 0 Å². The van der Waals surface area contributed by atoms with E-state index in [0.29, 0.717) is 16.7 Å². The summed E-state index contributed by atoms with van der Waals surface area (Å²) in [7, 11) is 0. The van der Waals surface area contributed by atoms with E-state index in [0.717, 1.165) is 36.4 Å². The number of nitrogens with one attached hydrogen (secondary N) is 1. The molecule has 0 aromatic heterocycles. The summed E-state index contributed by atoms with van der Waals surface area (Å²) in [5.41, 5.74) is 3.23. The number of hydrogen-bond acceptors (Lipinski definition) is 2. The molecule has 20 heavy (non-hydrogen) atoms. The smallest absolute Gasteiger partial charge is 0.143 e. The predicted molar refractivity (Wildman–Crippen MR) is 84.0 cm³/mol. The van der Waals surface area contributed by atoms with Crippen molar-refractivity contribution < 1.29 is 4.74 Å². The number of rotatable bonds is 3. The quantitative estimate of drug-likeness (QED) is 0.868. The summed E-state index contributed by atoms with van der Waals surface area (Å²) in [5.74, 6) is 0.859. The van der Waals surface area contributed by atoms with Crippen molar-refractivity contribution in [1.29, 1.82) is 0 Å². The van der Waals surface area contributed by atoms with E-state index >= 15 is 0 Å². The molecule has 0 spiro atoms. The summed E-state index contributed by atoms with van der Waals surface area (Å²) >= 11 is 12.3. The summed E-state index contributed by atoms with van der Waals surface area (Å²) in [6, 6.07) is 11.6. The monoisotopic (exact) mass is 307 g/mol.